The highest BCUT2D eigenvalue weighted by Gasteiger charge is 2.30. The van der Waals surface area contributed by atoms with Crippen LogP contribution in [0, 0.1) is 11.7 Å². The molecule has 1 aromatic heterocycles. The third-order valence-corrected chi connectivity index (χ3v) is 4.57. The van der Waals surface area contributed by atoms with Gasteiger partial charge < -0.3 is 5.73 Å². The first-order valence-corrected chi connectivity index (χ1v) is 7.25. The summed E-state index contributed by atoms with van der Waals surface area (Å²) in [6, 6.07) is 4.38. The highest BCUT2D eigenvalue weighted by Crippen LogP contribution is 2.44. The van der Waals surface area contributed by atoms with Gasteiger partial charge in [0.2, 0.25) is 0 Å². The number of H-pyrrole nitrogens is 1. The summed E-state index contributed by atoms with van der Waals surface area (Å²) in [6.07, 6.45) is 3.54. The lowest BCUT2D eigenvalue weighted by Gasteiger charge is -2.16. The van der Waals surface area contributed by atoms with Crippen LogP contribution in [0.3, 0.4) is 0 Å². The average Bonchev–Trinajstić information content (AvgIpc) is 2.96. The summed E-state index contributed by atoms with van der Waals surface area (Å²) < 4.78 is 13.2. The fourth-order valence-electron chi connectivity index (χ4n) is 3.19. The van der Waals surface area contributed by atoms with E-state index in [-0.39, 0.29) is 5.82 Å². The molecule has 0 bridgehead atoms. The molecule has 0 radical (unpaired) electrons. The number of anilines is 1. The van der Waals surface area contributed by atoms with Crippen molar-refractivity contribution in [3.05, 3.63) is 34.7 Å². The van der Waals surface area contributed by atoms with E-state index in [1.807, 2.05) is 0 Å². The Hall–Kier alpha value is -1.55. The number of halogens is 2. The minimum Gasteiger partial charge on any atom is -0.382 e. The molecule has 1 aliphatic rings. The topological polar surface area (TPSA) is 54.7 Å². The summed E-state index contributed by atoms with van der Waals surface area (Å²) in [7, 11) is 0. The van der Waals surface area contributed by atoms with Crippen LogP contribution < -0.4 is 5.73 Å². The van der Waals surface area contributed by atoms with Crippen molar-refractivity contribution >= 4 is 17.4 Å². The molecule has 5 heteroatoms. The summed E-state index contributed by atoms with van der Waals surface area (Å²) in [5.74, 6) is 1.08. The summed E-state index contributed by atoms with van der Waals surface area (Å²) in [5.41, 5.74) is 8.60. The lowest BCUT2D eigenvalue weighted by Crippen LogP contribution is -2.04. The number of aromatic amines is 1. The molecule has 1 aliphatic carbocycles. The van der Waals surface area contributed by atoms with Gasteiger partial charge in [0, 0.05) is 22.7 Å². The molecule has 3 rings (SSSR count). The van der Waals surface area contributed by atoms with E-state index in [1.54, 1.807) is 6.07 Å². The second-order valence-corrected chi connectivity index (χ2v) is 5.94. The molecule has 2 unspecified atom stereocenters. The fourth-order valence-corrected chi connectivity index (χ4v) is 3.45. The van der Waals surface area contributed by atoms with Gasteiger partial charge in [0.05, 0.1) is 5.02 Å². The normalized spacial score (nSPS) is 22.4. The van der Waals surface area contributed by atoms with Crippen LogP contribution in [0.1, 0.15) is 37.8 Å². The molecular weight excluding hydrogens is 277 g/mol. The third kappa shape index (κ3) is 2.18. The van der Waals surface area contributed by atoms with E-state index in [0.29, 0.717) is 22.7 Å². The van der Waals surface area contributed by atoms with E-state index in [4.69, 9.17) is 17.3 Å². The predicted octanol–water partition coefficient (Wildman–Crippen LogP) is 4.36. The van der Waals surface area contributed by atoms with Crippen LogP contribution >= 0.6 is 11.6 Å². The molecule has 3 nitrogen and oxygen atoms in total. The monoisotopic (exact) mass is 293 g/mol. The van der Waals surface area contributed by atoms with E-state index in [0.717, 1.165) is 23.2 Å². The van der Waals surface area contributed by atoms with Crippen molar-refractivity contribution in [3.63, 3.8) is 0 Å². The molecule has 106 valence electrons. The first-order valence-electron chi connectivity index (χ1n) is 6.87. The van der Waals surface area contributed by atoms with Gasteiger partial charge in [0.1, 0.15) is 5.82 Å². The summed E-state index contributed by atoms with van der Waals surface area (Å²) in [4.78, 5) is 0. The van der Waals surface area contributed by atoms with Crippen LogP contribution in [0.25, 0.3) is 11.1 Å². The van der Waals surface area contributed by atoms with Crippen LogP contribution in [0.15, 0.2) is 18.2 Å². The Kier molecular flexibility index (Phi) is 3.42. The van der Waals surface area contributed by atoms with E-state index < -0.39 is 0 Å². The maximum atomic E-state index is 13.2. The largest absolute Gasteiger partial charge is 0.382 e. The van der Waals surface area contributed by atoms with E-state index in [1.165, 1.54) is 25.0 Å². The lowest BCUT2D eigenvalue weighted by molar-refractivity contribution is 0.522. The molecule has 2 atom stereocenters. The minimum absolute atomic E-state index is 0.350. The number of benzene rings is 1. The second kappa shape index (κ2) is 5.09. The Morgan fingerprint density at radius 2 is 2.20 bits per heavy atom. The van der Waals surface area contributed by atoms with Gasteiger partial charge in [-0.05, 0) is 30.5 Å². The quantitative estimate of drug-likeness (QED) is 0.864. The van der Waals surface area contributed by atoms with Crippen LogP contribution in [0.2, 0.25) is 5.02 Å². The first kappa shape index (κ1) is 13.4. The van der Waals surface area contributed by atoms with Gasteiger partial charge in [-0.3, -0.25) is 5.10 Å². The van der Waals surface area contributed by atoms with Gasteiger partial charge in [-0.25, -0.2) is 4.39 Å². The fraction of sp³-hybridized carbons (Fsp3) is 0.400. The molecule has 0 saturated heterocycles. The number of aromatic nitrogens is 2. The summed E-state index contributed by atoms with van der Waals surface area (Å²) >= 11 is 6.17. The average molecular weight is 294 g/mol. The third-order valence-electron chi connectivity index (χ3n) is 4.26. The van der Waals surface area contributed by atoms with Crippen LogP contribution in [-0.4, -0.2) is 10.2 Å². The Balaban J connectivity index is 2.11. The SMILES string of the molecule is CC1CCCC1c1[nH]nc(N)c1-c1ccc(F)cc1Cl. The van der Waals surface area contributed by atoms with Gasteiger partial charge >= 0.3 is 0 Å². The number of hydrogen-bond acceptors (Lipinski definition) is 2. The van der Waals surface area contributed by atoms with Crippen molar-refractivity contribution in [3.8, 4) is 11.1 Å². The molecular formula is C15H17ClFN3. The summed E-state index contributed by atoms with van der Waals surface area (Å²) in [6.45, 7) is 2.24. The predicted molar refractivity (Wildman–Crippen MR) is 79.2 cm³/mol. The number of nitrogens with two attached hydrogens (primary N) is 1. The Bertz CT molecular complexity index is 638. The van der Waals surface area contributed by atoms with Gasteiger partial charge in [-0.2, -0.15) is 5.10 Å². The first-order chi connectivity index (χ1) is 9.58. The number of nitrogens with zero attached hydrogens (tertiary/aromatic N) is 1. The van der Waals surface area contributed by atoms with Crippen molar-refractivity contribution in [2.75, 3.05) is 5.73 Å². The molecule has 20 heavy (non-hydrogen) atoms. The van der Waals surface area contributed by atoms with Crippen molar-refractivity contribution in [2.45, 2.75) is 32.1 Å². The van der Waals surface area contributed by atoms with Crippen LogP contribution in [0.5, 0.6) is 0 Å². The molecule has 0 amide bonds. The van der Waals surface area contributed by atoms with Crippen molar-refractivity contribution in [1.29, 1.82) is 0 Å². The van der Waals surface area contributed by atoms with E-state index in [9.17, 15) is 4.39 Å². The van der Waals surface area contributed by atoms with Crippen molar-refractivity contribution in [1.82, 2.24) is 10.2 Å². The van der Waals surface area contributed by atoms with Crippen molar-refractivity contribution < 1.29 is 4.39 Å². The van der Waals surface area contributed by atoms with E-state index in [2.05, 4.69) is 17.1 Å². The Labute approximate surface area is 122 Å². The second-order valence-electron chi connectivity index (χ2n) is 5.54. The highest BCUT2D eigenvalue weighted by atomic mass is 35.5. The van der Waals surface area contributed by atoms with Crippen LogP contribution in [-0.2, 0) is 0 Å². The van der Waals surface area contributed by atoms with Crippen LogP contribution in [0.4, 0.5) is 10.2 Å². The Morgan fingerprint density at radius 1 is 1.40 bits per heavy atom. The molecule has 0 spiro atoms. The zero-order valence-corrected chi connectivity index (χ0v) is 12.0. The van der Waals surface area contributed by atoms with Gasteiger partial charge in [-0.1, -0.05) is 31.4 Å². The molecule has 1 fully saturated rings. The Morgan fingerprint density at radius 3 is 2.85 bits per heavy atom. The summed E-state index contributed by atoms with van der Waals surface area (Å²) in [5, 5.41) is 7.56. The minimum atomic E-state index is -0.350. The maximum Gasteiger partial charge on any atom is 0.153 e. The van der Waals surface area contributed by atoms with Gasteiger partial charge in [0.25, 0.3) is 0 Å². The molecule has 2 aromatic rings. The standard InChI is InChI=1S/C15H17ClFN3/c1-8-3-2-4-10(8)14-13(15(18)20-19-14)11-6-5-9(17)7-12(11)16/h5-8,10H,2-4H2,1H3,(H3,18,19,20). The van der Waals surface area contributed by atoms with Gasteiger partial charge in [0.15, 0.2) is 5.82 Å². The van der Waals surface area contributed by atoms with Gasteiger partial charge in [-0.15, -0.1) is 0 Å². The number of rotatable bonds is 2. The lowest BCUT2D eigenvalue weighted by atomic mass is 9.90. The highest BCUT2D eigenvalue weighted by molar-refractivity contribution is 6.33. The molecule has 1 aromatic carbocycles. The van der Waals surface area contributed by atoms with Crippen molar-refractivity contribution in [2.24, 2.45) is 5.92 Å². The van der Waals surface area contributed by atoms with E-state index >= 15 is 0 Å². The number of nitrogens with one attached hydrogen (secondary N) is 1. The molecule has 0 aliphatic heterocycles. The zero-order chi connectivity index (χ0) is 14.3. The zero-order valence-electron chi connectivity index (χ0n) is 11.3. The molecule has 3 N–H and O–H groups in total. The number of nitrogen functional groups attached to an aromatic ring is 1. The smallest absolute Gasteiger partial charge is 0.153 e. The molecule has 1 saturated carbocycles. The maximum absolute atomic E-state index is 13.2. The molecule has 1 heterocycles. The number of hydrogen-bond donors (Lipinski definition) is 2.